The SMILES string of the molecule is COCC1CCC(c2ccc(-c3ccc(C4CCC(CCCF)CC4)cc3)c(F)c2F)CC1. The van der Waals surface area contributed by atoms with Crippen LogP contribution in [0.5, 0.6) is 0 Å². The quantitative estimate of drug-likeness (QED) is 0.385. The lowest BCUT2D eigenvalue weighted by Gasteiger charge is -2.29. The predicted molar refractivity (Wildman–Crippen MR) is 128 cm³/mol. The Balaban J connectivity index is 1.41. The van der Waals surface area contributed by atoms with Gasteiger partial charge in [0.05, 0.1) is 6.67 Å². The van der Waals surface area contributed by atoms with Gasteiger partial charge in [-0.3, -0.25) is 4.39 Å². The average Bonchev–Trinajstić information content (AvgIpc) is 2.86. The molecule has 2 saturated carbocycles. The molecule has 4 rings (SSSR count). The van der Waals surface area contributed by atoms with E-state index < -0.39 is 11.6 Å². The second kappa shape index (κ2) is 11.6. The molecule has 0 radical (unpaired) electrons. The first-order chi connectivity index (χ1) is 16.1. The van der Waals surface area contributed by atoms with Crippen LogP contribution in [0.15, 0.2) is 36.4 Å². The largest absolute Gasteiger partial charge is 0.384 e. The van der Waals surface area contributed by atoms with Crippen molar-refractivity contribution in [1.29, 1.82) is 0 Å². The van der Waals surface area contributed by atoms with Crippen LogP contribution < -0.4 is 0 Å². The van der Waals surface area contributed by atoms with Crippen LogP contribution in [0.2, 0.25) is 0 Å². The van der Waals surface area contributed by atoms with Gasteiger partial charge in [-0.25, -0.2) is 8.78 Å². The van der Waals surface area contributed by atoms with Crippen LogP contribution in [0, 0.1) is 23.5 Å². The normalized spacial score (nSPS) is 25.8. The molecule has 33 heavy (non-hydrogen) atoms. The molecule has 2 fully saturated rings. The van der Waals surface area contributed by atoms with E-state index in [4.69, 9.17) is 4.74 Å². The second-order valence-corrected chi connectivity index (χ2v) is 10.2. The zero-order chi connectivity index (χ0) is 23.2. The Labute approximate surface area is 196 Å². The predicted octanol–water partition coefficient (Wildman–Crippen LogP) is 8.58. The summed E-state index contributed by atoms with van der Waals surface area (Å²) < 4.78 is 47.8. The van der Waals surface area contributed by atoms with Gasteiger partial charge in [-0.1, -0.05) is 36.4 Å². The fraction of sp³-hybridized carbons (Fsp3) is 0.586. The fourth-order valence-corrected chi connectivity index (χ4v) is 6.06. The minimum Gasteiger partial charge on any atom is -0.384 e. The molecule has 0 bridgehead atoms. The Morgan fingerprint density at radius 2 is 1.39 bits per heavy atom. The van der Waals surface area contributed by atoms with E-state index in [1.54, 1.807) is 19.2 Å². The van der Waals surface area contributed by atoms with Gasteiger partial charge in [-0.2, -0.15) is 0 Å². The van der Waals surface area contributed by atoms with Gasteiger partial charge in [0, 0.05) is 19.3 Å². The van der Waals surface area contributed by atoms with Gasteiger partial charge in [0.15, 0.2) is 11.6 Å². The van der Waals surface area contributed by atoms with Crippen LogP contribution in [-0.2, 0) is 4.74 Å². The van der Waals surface area contributed by atoms with Gasteiger partial charge in [-0.15, -0.1) is 0 Å². The molecule has 2 aliphatic rings. The first-order valence-corrected chi connectivity index (χ1v) is 12.7. The van der Waals surface area contributed by atoms with E-state index >= 15 is 8.78 Å². The maximum absolute atomic E-state index is 15.1. The smallest absolute Gasteiger partial charge is 0.166 e. The maximum atomic E-state index is 15.1. The van der Waals surface area contributed by atoms with Crippen molar-refractivity contribution >= 4 is 0 Å². The molecule has 0 unspecified atom stereocenters. The van der Waals surface area contributed by atoms with E-state index in [0.29, 0.717) is 35.3 Å². The number of benzene rings is 2. The van der Waals surface area contributed by atoms with E-state index in [0.717, 1.165) is 70.0 Å². The highest BCUT2D eigenvalue weighted by Crippen LogP contribution is 2.40. The Kier molecular flexibility index (Phi) is 8.51. The summed E-state index contributed by atoms with van der Waals surface area (Å²) in [6, 6.07) is 11.5. The van der Waals surface area contributed by atoms with Crippen LogP contribution in [0.1, 0.15) is 87.2 Å². The monoisotopic (exact) mass is 458 g/mol. The minimum absolute atomic E-state index is 0.0871. The average molecular weight is 459 g/mol. The number of ether oxygens (including phenoxy) is 1. The van der Waals surface area contributed by atoms with Crippen molar-refractivity contribution in [3.8, 4) is 11.1 Å². The summed E-state index contributed by atoms with van der Waals surface area (Å²) in [4.78, 5) is 0. The van der Waals surface area contributed by atoms with Gasteiger partial charge in [0.1, 0.15) is 0 Å². The van der Waals surface area contributed by atoms with Crippen LogP contribution in [0.25, 0.3) is 11.1 Å². The van der Waals surface area contributed by atoms with Crippen molar-refractivity contribution in [2.45, 2.75) is 76.0 Å². The highest BCUT2D eigenvalue weighted by molar-refractivity contribution is 5.65. The second-order valence-electron chi connectivity index (χ2n) is 10.2. The van der Waals surface area contributed by atoms with Crippen molar-refractivity contribution < 1.29 is 17.9 Å². The van der Waals surface area contributed by atoms with Crippen LogP contribution in [-0.4, -0.2) is 20.4 Å². The highest BCUT2D eigenvalue weighted by Gasteiger charge is 2.27. The number of methoxy groups -OCH3 is 1. The number of alkyl halides is 1. The molecule has 0 amide bonds. The minimum atomic E-state index is -0.729. The summed E-state index contributed by atoms with van der Waals surface area (Å²) in [5.41, 5.74) is 2.86. The first-order valence-electron chi connectivity index (χ1n) is 12.7. The Morgan fingerprint density at radius 1 is 0.758 bits per heavy atom. The summed E-state index contributed by atoms with van der Waals surface area (Å²) in [5.74, 6) is 0.372. The zero-order valence-corrected chi connectivity index (χ0v) is 19.8. The molecule has 0 aromatic heterocycles. The molecule has 0 saturated heterocycles. The third kappa shape index (κ3) is 5.82. The van der Waals surface area contributed by atoms with Crippen molar-refractivity contribution in [3.05, 3.63) is 59.2 Å². The van der Waals surface area contributed by atoms with Crippen molar-refractivity contribution in [2.75, 3.05) is 20.4 Å². The molecule has 180 valence electrons. The summed E-state index contributed by atoms with van der Waals surface area (Å²) in [6.45, 7) is 0.536. The van der Waals surface area contributed by atoms with E-state index in [2.05, 4.69) is 12.1 Å². The third-order valence-corrected chi connectivity index (χ3v) is 8.09. The topological polar surface area (TPSA) is 9.23 Å². The maximum Gasteiger partial charge on any atom is 0.166 e. The Morgan fingerprint density at radius 3 is 2.03 bits per heavy atom. The van der Waals surface area contributed by atoms with E-state index in [-0.39, 0.29) is 12.6 Å². The molecule has 4 heteroatoms. The number of hydrogen-bond acceptors (Lipinski definition) is 1. The number of halogens is 3. The molecule has 0 heterocycles. The number of rotatable bonds is 8. The van der Waals surface area contributed by atoms with Gasteiger partial charge in [0.25, 0.3) is 0 Å². The van der Waals surface area contributed by atoms with Crippen molar-refractivity contribution in [3.63, 3.8) is 0 Å². The van der Waals surface area contributed by atoms with Crippen LogP contribution >= 0.6 is 0 Å². The molecular weight excluding hydrogens is 421 g/mol. The highest BCUT2D eigenvalue weighted by atomic mass is 19.2. The molecule has 0 N–H and O–H groups in total. The molecule has 0 atom stereocenters. The molecule has 1 nitrogen and oxygen atoms in total. The molecule has 2 aromatic carbocycles. The Hall–Kier alpha value is -1.81. The fourth-order valence-electron chi connectivity index (χ4n) is 6.06. The van der Waals surface area contributed by atoms with Gasteiger partial charge in [0.2, 0.25) is 0 Å². The van der Waals surface area contributed by atoms with E-state index in [9.17, 15) is 4.39 Å². The summed E-state index contributed by atoms with van der Waals surface area (Å²) in [5, 5.41) is 0. The molecule has 2 aliphatic carbocycles. The molecule has 0 aliphatic heterocycles. The van der Waals surface area contributed by atoms with E-state index in [1.165, 1.54) is 5.56 Å². The molecule has 2 aromatic rings. The Bertz CT molecular complexity index is 878. The third-order valence-electron chi connectivity index (χ3n) is 8.09. The lowest BCUT2D eigenvalue weighted by atomic mass is 9.77. The summed E-state index contributed by atoms with van der Waals surface area (Å²) in [7, 11) is 1.72. The van der Waals surface area contributed by atoms with Gasteiger partial charge in [-0.05, 0) is 105 Å². The van der Waals surface area contributed by atoms with Crippen LogP contribution in [0.3, 0.4) is 0 Å². The van der Waals surface area contributed by atoms with Crippen molar-refractivity contribution in [1.82, 2.24) is 0 Å². The lowest BCUT2D eigenvalue weighted by Crippen LogP contribution is -2.18. The molecule has 0 spiro atoms. The summed E-state index contributed by atoms with van der Waals surface area (Å²) in [6.07, 6.45) is 10.0. The number of hydrogen-bond donors (Lipinski definition) is 0. The summed E-state index contributed by atoms with van der Waals surface area (Å²) >= 11 is 0. The van der Waals surface area contributed by atoms with E-state index in [1.807, 2.05) is 12.1 Å². The standard InChI is InChI=1S/C29H37F3O/c1-33-19-21-6-10-24(11-7-21)26-16-17-27(29(32)28(26)31)25-14-12-23(13-15-25)22-8-4-20(5-9-22)3-2-18-30/h12-17,20-22,24H,2-11,18-19H2,1H3. The molecular formula is C29H37F3O. The van der Waals surface area contributed by atoms with Gasteiger partial charge < -0.3 is 4.74 Å². The first kappa shape index (κ1) is 24.3. The van der Waals surface area contributed by atoms with Crippen LogP contribution in [0.4, 0.5) is 13.2 Å². The van der Waals surface area contributed by atoms with Crippen molar-refractivity contribution in [2.24, 2.45) is 11.8 Å². The lowest BCUT2D eigenvalue weighted by molar-refractivity contribution is 0.127. The zero-order valence-electron chi connectivity index (χ0n) is 19.8. The van der Waals surface area contributed by atoms with Gasteiger partial charge >= 0.3 is 0 Å².